The number of carbonyl (C=O) groups excluding carboxylic acids is 1. The molecule has 0 aliphatic carbocycles. The first-order valence-electron chi connectivity index (χ1n) is 6.76. The van der Waals surface area contributed by atoms with Gasteiger partial charge in [0.25, 0.3) is 10.0 Å². The zero-order valence-corrected chi connectivity index (χ0v) is 13.5. The lowest BCUT2D eigenvalue weighted by atomic mass is 10.2. The molecule has 1 unspecified atom stereocenters. The molecule has 8 heteroatoms. The third kappa shape index (κ3) is 4.26. The number of sulfonamides is 1. The van der Waals surface area contributed by atoms with Crippen LogP contribution in [-0.4, -0.2) is 51.6 Å². The van der Waals surface area contributed by atoms with Gasteiger partial charge in [0.05, 0.1) is 19.6 Å². The van der Waals surface area contributed by atoms with E-state index in [4.69, 9.17) is 4.74 Å². The third-order valence-electron chi connectivity index (χ3n) is 3.31. The minimum atomic E-state index is -3.59. The summed E-state index contributed by atoms with van der Waals surface area (Å²) in [6.07, 6.45) is 1.72. The Bertz CT molecular complexity index is 549. The van der Waals surface area contributed by atoms with Gasteiger partial charge in [0.2, 0.25) is 0 Å². The van der Waals surface area contributed by atoms with E-state index in [0.717, 1.165) is 12.8 Å². The second-order valence-corrected chi connectivity index (χ2v) is 7.87. The molecule has 1 aliphatic heterocycles. The van der Waals surface area contributed by atoms with E-state index in [1.165, 1.54) is 22.8 Å². The van der Waals surface area contributed by atoms with E-state index in [9.17, 15) is 13.2 Å². The van der Waals surface area contributed by atoms with Crippen LogP contribution in [0.2, 0.25) is 0 Å². The van der Waals surface area contributed by atoms with Crippen molar-refractivity contribution >= 4 is 27.3 Å². The summed E-state index contributed by atoms with van der Waals surface area (Å²) < 4.78 is 36.9. The molecule has 0 radical (unpaired) electrons. The van der Waals surface area contributed by atoms with E-state index in [0.29, 0.717) is 6.61 Å². The molecule has 118 valence electrons. The third-order valence-corrected chi connectivity index (χ3v) is 6.55. The molecule has 0 N–H and O–H groups in total. The van der Waals surface area contributed by atoms with Gasteiger partial charge < -0.3 is 9.47 Å². The minimum absolute atomic E-state index is 0.0355. The van der Waals surface area contributed by atoms with Crippen molar-refractivity contribution in [2.45, 2.75) is 29.6 Å². The van der Waals surface area contributed by atoms with Gasteiger partial charge in [-0.25, -0.2) is 8.42 Å². The Kier molecular flexibility index (Phi) is 5.74. The molecule has 1 atom stereocenters. The number of carbonyl (C=O) groups is 1. The summed E-state index contributed by atoms with van der Waals surface area (Å²) >= 11 is 1.17. The fraction of sp³-hybridized carbons (Fsp3) is 0.615. The Morgan fingerprint density at radius 1 is 1.57 bits per heavy atom. The Balaban J connectivity index is 2.11. The maximum absolute atomic E-state index is 12.6. The summed E-state index contributed by atoms with van der Waals surface area (Å²) in [6, 6.07) is 3.27. The first-order valence-corrected chi connectivity index (χ1v) is 9.08. The molecule has 0 aromatic carbocycles. The van der Waals surface area contributed by atoms with Crippen LogP contribution in [0.4, 0.5) is 0 Å². The number of esters is 1. The van der Waals surface area contributed by atoms with Crippen molar-refractivity contribution in [2.75, 3.05) is 26.8 Å². The normalized spacial score (nSPS) is 19.0. The van der Waals surface area contributed by atoms with Gasteiger partial charge in [-0.05, 0) is 24.3 Å². The standard InChI is InChI=1S/C13H19NO5S2/c1-18-12(15)6-7-14(10-11-4-2-8-19-11)21(16,17)13-5-3-9-20-13/h3,5,9,11H,2,4,6-8,10H2,1H3. The second-order valence-electron chi connectivity index (χ2n) is 4.76. The van der Waals surface area contributed by atoms with Gasteiger partial charge in [0.15, 0.2) is 0 Å². The number of nitrogens with zero attached hydrogens (tertiary/aromatic N) is 1. The highest BCUT2D eigenvalue weighted by Gasteiger charge is 2.30. The number of hydrogen-bond donors (Lipinski definition) is 0. The van der Waals surface area contributed by atoms with Crippen molar-refractivity contribution in [2.24, 2.45) is 0 Å². The summed E-state index contributed by atoms with van der Waals surface area (Å²) in [5, 5.41) is 1.72. The van der Waals surface area contributed by atoms with Crippen LogP contribution >= 0.6 is 11.3 Å². The second kappa shape index (κ2) is 7.35. The molecule has 1 aromatic rings. The lowest BCUT2D eigenvalue weighted by Crippen LogP contribution is -2.38. The van der Waals surface area contributed by atoms with Crippen molar-refractivity contribution < 1.29 is 22.7 Å². The zero-order chi connectivity index (χ0) is 15.3. The van der Waals surface area contributed by atoms with Gasteiger partial charge in [0, 0.05) is 19.7 Å². The van der Waals surface area contributed by atoms with Crippen molar-refractivity contribution in [1.82, 2.24) is 4.31 Å². The quantitative estimate of drug-likeness (QED) is 0.707. The molecule has 0 bridgehead atoms. The summed E-state index contributed by atoms with van der Waals surface area (Å²) in [5.74, 6) is -0.422. The van der Waals surface area contributed by atoms with E-state index in [-0.39, 0.29) is 29.8 Å². The molecule has 1 aromatic heterocycles. The first-order chi connectivity index (χ1) is 10.0. The highest BCUT2D eigenvalue weighted by molar-refractivity contribution is 7.91. The SMILES string of the molecule is COC(=O)CCN(CC1CCCO1)S(=O)(=O)c1cccs1. The molecule has 2 heterocycles. The molecule has 0 amide bonds. The number of methoxy groups -OCH3 is 1. The number of ether oxygens (including phenoxy) is 2. The van der Waals surface area contributed by atoms with Gasteiger partial charge in [-0.3, -0.25) is 4.79 Å². The van der Waals surface area contributed by atoms with Gasteiger partial charge in [-0.15, -0.1) is 11.3 Å². The van der Waals surface area contributed by atoms with Crippen LogP contribution in [-0.2, 0) is 24.3 Å². The average Bonchev–Trinajstić information content (AvgIpc) is 3.15. The highest BCUT2D eigenvalue weighted by atomic mass is 32.2. The van der Waals surface area contributed by atoms with Crippen molar-refractivity contribution in [3.63, 3.8) is 0 Å². The van der Waals surface area contributed by atoms with E-state index >= 15 is 0 Å². The van der Waals surface area contributed by atoms with Crippen LogP contribution in [0, 0.1) is 0 Å². The summed E-state index contributed by atoms with van der Waals surface area (Å²) in [4.78, 5) is 11.3. The van der Waals surface area contributed by atoms with Gasteiger partial charge in [0.1, 0.15) is 4.21 Å². The Morgan fingerprint density at radius 2 is 2.38 bits per heavy atom. The molecule has 21 heavy (non-hydrogen) atoms. The van der Waals surface area contributed by atoms with Crippen molar-refractivity contribution in [3.05, 3.63) is 17.5 Å². The lowest BCUT2D eigenvalue weighted by Gasteiger charge is -2.23. The summed E-state index contributed by atoms with van der Waals surface area (Å²) in [5.41, 5.74) is 0. The van der Waals surface area contributed by atoms with Crippen LogP contribution < -0.4 is 0 Å². The number of thiophene rings is 1. The maximum atomic E-state index is 12.6. The Hall–Kier alpha value is -0.960. The average molecular weight is 333 g/mol. The largest absolute Gasteiger partial charge is 0.469 e. The predicted octanol–water partition coefficient (Wildman–Crippen LogP) is 1.48. The van der Waals surface area contributed by atoms with Crippen LogP contribution in [0.25, 0.3) is 0 Å². The van der Waals surface area contributed by atoms with Crippen LogP contribution in [0.15, 0.2) is 21.7 Å². The smallest absolute Gasteiger partial charge is 0.306 e. The molecule has 1 saturated heterocycles. The summed E-state index contributed by atoms with van der Waals surface area (Å²) in [7, 11) is -2.29. The van der Waals surface area contributed by atoms with Gasteiger partial charge in [-0.1, -0.05) is 6.07 Å². The Morgan fingerprint density at radius 3 is 2.95 bits per heavy atom. The van der Waals surface area contributed by atoms with Crippen LogP contribution in [0.3, 0.4) is 0 Å². The molecule has 2 rings (SSSR count). The van der Waals surface area contributed by atoms with Gasteiger partial charge >= 0.3 is 5.97 Å². The first kappa shape index (κ1) is 16.4. The lowest BCUT2D eigenvalue weighted by molar-refractivity contribution is -0.140. The highest BCUT2D eigenvalue weighted by Crippen LogP contribution is 2.23. The van der Waals surface area contributed by atoms with E-state index in [1.54, 1.807) is 17.5 Å². The predicted molar refractivity (Wildman–Crippen MR) is 78.7 cm³/mol. The molecular weight excluding hydrogens is 314 g/mol. The van der Waals surface area contributed by atoms with Crippen LogP contribution in [0.5, 0.6) is 0 Å². The fourth-order valence-corrected chi connectivity index (χ4v) is 4.80. The van der Waals surface area contributed by atoms with E-state index < -0.39 is 16.0 Å². The van der Waals surface area contributed by atoms with Crippen LogP contribution in [0.1, 0.15) is 19.3 Å². The summed E-state index contributed by atoms with van der Waals surface area (Å²) in [6.45, 7) is 1.04. The van der Waals surface area contributed by atoms with E-state index in [1.807, 2.05) is 0 Å². The molecule has 0 saturated carbocycles. The minimum Gasteiger partial charge on any atom is -0.469 e. The maximum Gasteiger partial charge on any atom is 0.306 e. The Labute approximate surface area is 128 Å². The van der Waals surface area contributed by atoms with Crippen molar-refractivity contribution in [1.29, 1.82) is 0 Å². The number of hydrogen-bond acceptors (Lipinski definition) is 6. The van der Waals surface area contributed by atoms with E-state index in [2.05, 4.69) is 4.74 Å². The molecule has 6 nitrogen and oxygen atoms in total. The molecular formula is C13H19NO5S2. The van der Waals surface area contributed by atoms with Gasteiger partial charge in [-0.2, -0.15) is 4.31 Å². The molecule has 1 aliphatic rings. The fourth-order valence-electron chi connectivity index (χ4n) is 2.18. The zero-order valence-electron chi connectivity index (χ0n) is 11.9. The molecule has 0 spiro atoms. The monoisotopic (exact) mass is 333 g/mol. The topological polar surface area (TPSA) is 72.9 Å². The number of rotatable bonds is 7. The molecule has 1 fully saturated rings. The van der Waals surface area contributed by atoms with Crippen molar-refractivity contribution in [3.8, 4) is 0 Å².